The maximum absolute atomic E-state index is 11.8. The smallest absolute Gasteiger partial charge is 0.261 e. The topological polar surface area (TPSA) is 37.4 Å². The van der Waals surface area contributed by atoms with Gasteiger partial charge in [0.25, 0.3) is 11.8 Å². The minimum atomic E-state index is -0.171. The molecule has 0 unspecified atom stereocenters. The second-order valence-electron chi connectivity index (χ2n) is 3.41. The monoisotopic (exact) mass is 216 g/mol. The Morgan fingerprint density at radius 1 is 1.07 bits per heavy atom. The van der Waals surface area contributed by atoms with Crippen LogP contribution >= 0.6 is 0 Å². The SMILES string of the molecule is O=C1c2ccccc2C(=O)N1CCC[Si]. The minimum absolute atomic E-state index is 0.171. The van der Waals surface area contributed by atoms with Gasteiger partial charge in [0.15, 0.2) is 0 Å². The van der Waals surface area contributed by atoms with Crippen LogP contribution in [-0.2, 0) is 0 Å². The Morgan fingerprint density at radius 3 is 2.07 bits per heavy atom. The molecule has 0 fully saturated rings. The summed E-state index contributed by atoms with van der Waals surface area (Å²) in [6.07, 6.45) is 0.780. The van der Waals surface area contributed by atoms with Crippen LogP contribution in [0.3, 0.4) is 0 Å². The molecule has 15 heavy (non-hydrogen) atoms. The molecular formula is C11H10NO2Si. The highest BCUT2D eigenvalue weighted by molar-refractivity contribution is 6.21. The molecule has 2 amide bonds. The predicted octanol–water partition coefficient (Wildman–Crippen LogP) is 1.26. The first-order valence-electron chi connectivity index (χ1n) is 4.85. The number of nitrogens with zero attached hydrogens (tertiary/aromatic N) is 1. The van der Waals surface area contributed by atoms with Crippen molar-refractivity contribution >= 4 is 22.1 Å². The summed E-state index contributed by atoms with van der Waals surface area (Å²) in [5.74, 6) is -0.341. The van der Waals surface area contributed by atoms with Crippen LogP contribution in [0.5, 0.6) is 0 Å². The average Bonchev–Trinajstić information content (AvgIpc) is 2.51. The third-order valence-corrected chi connectivity index (χ3v) is 2.79. The van der Waals surface area contributed by atoms with Gasteiger partial charge < -0.3 is 0 Å². The van der Waals surface area contributed by atoms with Gasteiger partial charge >= 0.3 is 0 Å². The molecule has 4 heteroatoms. The Morgan fingerprint density at radius 2 is 1.60 bits per heavy atom. The molecule has 1 heterocycles. The van der Waals surface area contributed by atoms with E-state index in [0.717, 1.165) is 12.5 Å². The molecule has 3 radical (unpaired) electrons. The van der Waals surface area contributed by atoms with Crippen LogP contribution < -0.4 is 0 Å². The van der Waals surface area contributed by atoms with Gasteiger partial charge in [-0.05, 0) is 18.6 Å². The summed E-state index contributed by atoms with van der Waals surface area (Å²) in [6, 6.07) is 7.73. The number of imide groups is 1. The summed E-state index contributed by atoms with van der Waals surface area (Å²) in [5.41, 5.74) is 1.05. The molecule has 0 aromatic heterocycles. The summed E-state index contributed by atoms with van der Waals surface area (Å²) in [4.78, 5) is 24.9. The van der Waals surface area contributed by atoms with Gasteiger partial charge in [0.05, 0.1) is 11.1 Å². The molecule has 0 saturated heterocycles. The molecule has 1 aliphatic heterocycles. The van der Waals surface area contributed by atoms with Crippen LogP contribution in [0.1, 0.15) is 27.1 Å². The normalized spacial score (nSPS) is 14.6. The average molecular weight is 216 g/mol. The molecule has 3 nitrogen and oxygen atoms in total. The van der Waals surface area contributed by atoms with Crippen molar-refractivity contribution in [2.75, 3.05) is 6.54 Å². The highest BCUT2D eigenvalue weighted by Crippen LogP contribution is 2.22. The predicted molar refractivity (Wildman–Crippen MR) is 57.0 cm³/mol. The number of carbonyl (C=O) groups excluding carboxylic acids is 2. The Bertz CT molecular complexity index is 382. The molecular weight excluding hydrogens is 206 g/mol. The van der Waals surface area contributed by atoms with Crippen molar-refractivity contribution in [2.24, 2.45) is 0 Å². The molecule has 0 bridgehead atoms. The van der Waals surface area contributed by atoms with Crippen LogP contribution in [0.15, 0.2) is 24.3 Å². The molecule has 2 rings (SSSR count). The van der Waals surface area contributed by atoms with E-state index in [9.17, 15) is 9.59 Å². The zero-order valence-electron chi connectivity index (χ0n) is 8.19. The quantitative estimate of drug-likeness (QED) is 0.563. The fourth-order valence-corrected chi connectivity index (χ4v) is 1.84. The van der Waals surface area contributed by atoms with Crippen molar-refractivity contribution in [1.29, 1.82) is 0 Å². The number of rotatable bonds is 3. The summed E-state index contributed by atoms with van der Waals surface area (Å²) in [5, 5.41) is 0. The van der Waals surface area contributed by atoms with Crippen LogP contribution in [0.25, 0.3) is 0 Å². The van der Waals surface area contributed by atoms with Crippen LogP contribution in [0.4, 0.5) is 0 Å². The zero-order valence-corrected chi connectivity index (χ0v) is 9.19. The van der Waals surface area contributed by atoms with Gasteiger partial charge in [0.1, 0.15) is 0 Å². The van der Waals surface area contributed by atoms with Gasteiger partial charge in [-0.25, -0.2) is 0 Å². The molecule has 1 aromatic carbocycles. The van der Waals surface area contributed by atoms with E-state index >= 15 is 0 Å². The van der Waals surface area contributed by atoms with Crippen LogP contribution in [0, 0.1) is 0 Å². The van der Waals surface area contributed by atoms with Crippen LogP contribution in [-0.4, -0.2) is 33.5 Å². The van der Waals surface area contributed by atoms with Crippen LogP contribution in [0.2, 0.25) is 6.04 Å². The highest BCUT2D eigenvalue weighted by atomic mass is 28.1. The second-order valence-corrected chi connectivity index (χ2v) is 3.91. The van der Waals surface area contributed by atoms with Crippen molar-refractivity contribution < 1.29 is 9.59 Å². The Kier molecular flexibility index (Phi) is 2.68. The van der Waals surface area contributed by atoms with Crippen molar-refractivity contribution in [1.82, 2.24) is 4.90 Å². The van der Waals surface area contributed by atoms with E-state index in [4.69, 9.17) is 0 Å². The fourth-order valence-electron chi connectivity index (χ4n) is 1.68. The molecule has 75 valence electrons. The maximum atomic E-state index is 11.8. The van der Waals surface area contributed by atoms with E-state index in [2.05, 4.69) is 10.2 Å². The van der Waals surface area contributed by atoms with E-state index in [-0.39, 0.29) is 11.8 Å². The van der Waals surface area contributed by atoms with E-state index in [1.54, 1.807) is 24.3 Å². The first-order valence-corrected chi connectivity index (χ1v) is 5.56. The van der Waals surface area contributed by atoms with Crippen molar-refractivity contribution in [2.45, 2.75) is 12.5 Å². The molecule has 0 saturated carbocycles. The Labute approximate surface area is 91.5 Å². The number of amides is 2. The fraction of sp³-hybridized carbons (Fsp3) is 0.273. The van der Waals surface area contributed by atoms with Crippen molar-refractivity contribution in [3.8, 4) is 0 Å². The maximum Gasteiger partial charge on any atom is 0.261 e. The lowest BCUT2D eigenvalue weighted by atomic mass is 10.1. The summed E-state index contributed by atoms with van der Waals surface area (Å²) in [6.45, 7) is 0.482. The molecule has 0 atom stereocenters. The van der Waals surface area contributed by atoms with Gasteiger partial charge in [-0.15, -0.1) is 0 Å². The summed E-state index contributed by atoms with van der Waals surface area (Å²) < 4.78 is 0. The standard InChI is InChI=1S/C11H10NO2Si/c13-10-8-4-1-2-5-9(8)11(14)12(10)6-3-7-15/h1-2,4-5H,3,6-7H2. The van der Waals surface area contributed by atoms with E-state index in [1.165, 1.54) is 4.90 Å². The summed E-state index contributed by atoms with van der Waals surface area (Å²) in [7, 11) is 3.33. The van der Waals surface area contributed by atoms with Gasteiger partial charge in [-0.2, -0.15) is 0 Å². The van der Waals surface area contributed by atoms with Crippen molar-refractivity contribution in [3.05, 3.63) is 35.4 Å². The number of hydrogen-bond acceptors (Lipinski definition) is 2. The van der Waals surface area contributed by atoms with Gasteiger partial charge in [-0.1, -0.05) is 18.2 Å². The molecule has 0 aliphatic carbocycles. The van der Waals surface area contributed by atoms with Crippen molar-refractivity contribution in [3.63, 3.8) is 0 Å². The lowest BCUT2D eigenvalue weighted by molar-refractivity contribution is 0.0654. The molecule has 1 aliphatic rings. The molecule has 1 aromatic rings. The Hall–Kier alpha value is -1.42. The summed E-state index contributed by atoms with van der Waals surface area (Å²) >= 11 is 0. The first kappa shape index (κ1) is 10.1. The number of hydrogen-bond donors (Lipinski definition) is 0. The van der Waals surface area contributed by atoms with E-state index in [1.807, 2.05) is 0 Å². The van der Waals surface area contributed by atoms with Gasteiger partial charge in [-0.3, -0.25) is 14.5 Å². The number of carbonyl (C=O) groups is 2. The Balaban J connectivity index is 2.29. The van der Waals surface area contributed by atoms with Gasteiger partial charge in [0.2, 0.25) is 0 Å². The number of fused-ring (bicyclic) bond motifs is 1. The molecule has 0 N–H and O–H groups in total. The highest BCUT2D eigenvalue weighted by Gasteiger charge is 2.34. The molecule has 0 spiro atoms. The van der Waals surface area contributed by atoms with E-state index in [0.29, 0.717) is 17.7 Å². The second kappa shape index (κ2) is 3.98. The first-order chi connectivity index (χ1) is 7.25. The third kappa shape index (κ3) is 1.61. The minimum Gasteiger partial charge on any atom is -0.274 e. The lowest BCUT2D eigenvalue weighted by Gasteiger charge is -2.12. The number of benzene rings is 1. The van der Waals surface area contributed by atoms with Gasteiger partial charge in [0, 0.05) is 16.8 Å². The largest absolute Gasteiger partial charge is 0.274 e. The third-order valence-electron chi connectivity index (χ3n) is 2.44. The lowest BCUT2D eigenvalue weighted by Crippen LogP contribution is -2.30. The zero-order chi connectivity index (χ0) is 10.8. The van der Waals surface area contributed by atoms with E-state index < -0.39 is 0 Å².